The van der Waals surface area contributed by atoms with E-state index in [-0.39, 0.29) is 11.8 Å². The van der Waals surface area contributed by atoms with Crippen molar-refractivity contribution >= 4 is 5.91 Å². The number of nitrogens with one attached hydrogen (secondary N) is 1. The molecule has 2 saturated heterocycles. The van der Waals surface area contributed by atoms with Crippen LogP contribution in [0.25, 0.3) is 11.4 Å². The van der Waals surface area contributed by atoms with Crippen LogP contribution in [0.5, 0.6) is 0 Å². The van der Waals surface area contributed by atoms with E-state index in [2.05, 4.69) is 68.6 Å². The van der Waals surface area contributed by atoms with Crippen molar-refractivity contribution < 1.29 is 9.32 Å². The molecule has 0 aliphatic carbocycles. The number of piperidine rings is 1. The monoisotopic (exact) mass is 501 g/mol. The highest BCUT2D eigenvalue weighted by Gasteiger charge is 2.26. The quantitative estimate of drug-likeness (QED) is 0.471. The predicted molar refractivity (Wildman–Crippen MR) is 145 cm³/mol. The van der Waals surface area contributed by atoms with Gasteiger partial charge in [-0.15, -0.1) is 0 Å². The van der Waals surface area contributed by atoms with Gasteiger partial charge in [0.2, 0.25) is 17.6 Å². The molecule has 7 nitrogen and oxygen atoms in total. The minimum atomic E-state index is 0.0577. The topological polar surface area (TPSA) is 74.5 Å². The van der Waals surface area contributed by atoms with Crippen LogP contribution < -0.4 is 5.32 Å². The smallest absolute Gasteiger partial charge is 0.241 e. The number of rotatable bonds is 8. The van der Waals surface area contributed by atoms with E-state index in [1.807, 2.05) is 12.1 Å². The third-order valence-corrected chi connectivity index (χ3v) is 7.66. The molecule has 1 aromatic heterocycles. The first kappa shape index (κ1) is 25.6. The lowest BCUT2D eigenvalue weighted by Gasteiger charge is -2.30. The number of benzene rings is 2. The third-order valence-electron chi connectivity index (χ3n) is 7.66. The second kappa shape index (κ2) is 12.5. The lowest BCUT2D eigenvalue weighted by Crippen LogP contribution is -2.40. The molecule has 0 spiro atoms. The summed E-state index contributed by atoms with van der Waals surface area (Å²) in [4.78, 5) is 22.3. The number of hydrogen-bond acceptors (Lipinski definition) is 6. The van der Waals surface area contributed by atoms with Crippen molar-refractivity contribution in [1.29, 1.82) is 0 Å². The number of carbonyl (C=O) groups is 1. The van der Waals surface area contributed by atoms with Gasteiger partial charge >= 0.3 is 0 Å². The lowest BCUT2D eigenvalue weighted by molar-refractivity contribution is -0.126. The summed E-state index contributed by atoms with van der Waals surface area (Å²) >= 11 is 0. The summed E-state index contributed by atoms with van der Waals surface area (Å²) in [5.41, 5.74) is 4.69. The average Bonchev–Trinajstić information content (AvgIpc) is 3.23. The van der Waals surface area contributed by atoms with Gasteiger partial charge in [0.1, 0.15) is 0 Å². The van der Waals surface area contributed by atoms with Gasteiger partial charge in [-0.3, -0.25) is 14.6 Å². The lowest BCUT2D eigenvalue weighted by atomic mass is 9.96. The molecule has 2 aliphatic heterocycles. The van der Waals surface area contributed by atoms with Crippen molar-refractivity contribution in [3.63, 3.8) is 0 Å². The van der Waals surface area contributed by atoms with E-state index in [9.17, 15) is 4.79 Å². The number of aromatic nitrogens is 2. The molecule has 2 aliphatic rings. The Morgan fingerprint density at radius 2 is 1.62 bits per heavy atom. The van der Waals surface area contributed by atoms with Gasteiger partial charge in [-0.2, -0.15) is 4.98 Å². The van der Waals surface area contributed by atoms with E-state index in [1.54, 1.807) is 0 Å². The number of amides is 1. The summed E-state index contributed by atoms with van der Waals surface area (Å²) in [5.74, 6) is 1.47. The van der Waals surface area contributed by atoms with E-state index in [4.69, 9.17) is 4.52 Å². The zero-order valence-electron chi connectivity index (χ0n) is 22.0. The van der Waals surface area contributed by atoms with Gasteiger partial charge in [0.05, 0.1) is 6.54 Å². The molecule has 7 heteroatoms. The minimum absolute atomic E-state index is 0.0577. The summed E-state index contributed by atoms with van der Waals surface area (Å²) in [7, 11) is 0. The molecule has 2 aromatic carbocycles. The first-order chi connectivity index (χ1) is 18.1. The van der Waals surface area contributed by atoms with E-state index in [1.165, 1.54) is 55.5 Å². The highest BCUT2D eigenvalue weighted by molar-refractivity contribution is 5.78. The van der Waals surface area contributed by atoms with Gasteiger partial charge in [-0.1, -0.05) is 72.1 Å². The first-order valence-corrected chi connectivity index (χ1v) is 13.8. The Morgan fingerprint density at radius 3 is 2.38 bits per heavy atom. The number of likely N-dealkylation sites (tertiary alicyclic amines) is 2. The number of nitrogens with zero attached hydrogens (tertiary/aromatic N) is 4. The average molecular weight is 502 g/mol. The zero-order chi connectivity index (χ0) is 25.5. The van der Waals surface area contributed by atoms with Crippen LogP contribution >= 0.6 is 0 Å². The molecule has 0 radical (unpaired) electrons. The zero-order valence-corrected chi connectivity index (χ0v) is 22.0. The van der Waals surface area contributed by atoms with Crippen LogP contribution in [-0.2, 0) is 24.4 Å². The van der Waals surface area contributed by atoms with Crippen molar-refractivity contribution in [2.75, 3.05) is 26.2 Å². The fourth-order valence-electron chi connectivity index (χ4n) is 5.41. The van der Waals surface area contributed by atoms with Gasteiger partial charge in [0.15, 0.2) is 0 Å². The Kier molecular flexibility index (Phi) is 8.64. The Bertz CT molecular complexity index is 1140. The van der Waals surface area contributed by atoms with Crippen LogP contribution in [-0.4, -0.2) is 52.0 Å². The molecule has 0 bridgehead atoms. The molecule has 196 valence electrons. The largest absolute Gasteiger partial charge is 0.352 e. The third kappa shape index (κ3) is 7.27. The molecule has 5 rings (SSSR count). The number of carbonyl (C=O) groups excluding carboxylic acids is 1. The predicted octanol–water partition coefficient (Wildman–Crippen LogP) is 4.95. The van der Waals surface area contributed by atoms with Crippen LogP contribution in [0, 0.1) is 12.8 Å². The van der Waals surface area contributed by atoms with Crippen LogP contribution in [0.4, 0.5) is 0 Å². The summed E-state index contributed by atoms with van der Waals surface area (Å²) in [5, 5.41) is 7.33. The number of aryl methyl sites for hydroxylation is 1. The molecule has 2 fully saturated rings. The molecule has 0 unspecified atom stereocenters. The summed E-state index contributed by atoms with van der Waals surface area (Å²) in [6, 6.07) is 16.8. The molecule has 0 saturated carbocycles. The van der Waals surface area contributed by atoms with Crippen LogP contribution in [0.2, 0.25) is 0 Å². The van der Waals surface area contributed by atoms with E-state index >= 15 is 0 Å². The van der Waals surface area contributed by atoms with Crippen LogP contribution in [0.3, 0.4) is 0 Å². The van der Waals surface area contributed by atoms with E-state index in [0.29, 0.717) is 24.8 Å². The van der Waals surface area contributed by atoms with Crippen molar-refractivity contribution in [3.05, 3.63) is 71.1 Å². The normalized spacial score (nSPS) is 18.0. The second-order valence-corrected chi connectivity index (χ2v) is 10.7. The molecule has 1 N–H and O–H groups in total. The maximum Gasteiger partial charge on any atom is 0.241 e. The summed E-state index contributed by atoms with van der Waals surface area (Å²) in [6.45, 7) is 8.38. The van der Waals surface area contributed by atoms with Gasteiger partial charge < -0.3 is 9.84 Å². The van der Waals surface area contributed by atoms with Gasteiger partial charge in [0.25, 0.3) is 0 Å². The standard InChI is InChI=1S/C30H39N5O2/c1-23-9-11-26(12-10-23)29-32-28(37-33-29)22-35-17-13-27(14-18-35)30(36)31-20-24-7-6-8-25(19-24)21-34-15-4-2-3-5-16-34/h6-12,19,27H,2-5,13-18,20-22H2,1H3,(H,31,36). The van der Waals surface area contributed by atoms with Gasteiger partial charge in [0, 0.05) is 24.6 Å². The molecule has 3 aromatic rings. The molecule has 0 atom stereocenters. The minimum Gasteiger partial charge on any atom is -0.352 e. The van der Waals surface area contributed by atoms with E-state index in [0.717, 1.165) is 38.0 Å². The van der Waals surface area contributed by atoms with Crippen LogP contribution in [0.1, 0.15) is 61.1 Å². The Hall–Kier alpha value is -3.03. The molecule has 37 heavy (non-hydrogen) atoms. The molecular weight excluding hydrogens is 462 g/mol. The van der Waals surface area contributed by atoms with Crippen molar-refractivity contribution in [2.24, 2.45) is 5.92 Å². The summed E-state index contributed by atoms with van der Waals surface area (Å²) in [6.07, 6.45) is 7.01. The van der Waals surface area contributed by atoms with Crippen LogP contribution in [0.15, 0.2) is 53.1 Å². The van der Waals surface area contributed by atoms with Crippen molar-refractivity contribution in [1.82, 2.24) is 25.3 Å². The fourth-order valence-corrected chi connectivity index (χ4v) is 5.41. The van der Waals surface area contributed by atoms with Crippen molar-refractivity contribution in [3.8, 4) is 11.4 Å². The summed E-state index contributed by atoms with van der Waals surface area (Å²) < 4.78 is 5.49. The molecule has 3 heterocycles. The maximum absolute atomic E-state index is 12.9. The second-order valence-electron chi connectivity index (χ2n) is 10.7. The maximum atomic E-state index is 12.9. The molecule has 1 amide bonds. The first-order valence-electron chi connectivity index (χ1n) is 13.8. The van der Waals surface area contributed by atoms with E-state index < -0.39 is 0 Å². The highest BCUT2D eigenvalue weighted by atomic mass is 16.5. The van der Waals surface area contributed by atoms with Gasteiger partial charge in [-0.25, -0.2) is 0 Å². The van der Waals surface area contributed by atoms with Crippen molar-refractivity contribution in [2.45, 2.75) is 65.1 Å². The number of hydrogen-bond donors (Lipinski definition) is 1. The Morgan fingerprint density at radius 1 is 0.919 bits per heavy atom. The SMILES string of the molecule is Cc1ccc(-c2noc(CN3CCC(C(=O)NCc4cccc(CN5CCCCCC5)c4)CC3)n2)cc1. The Balaban J connectivity index is 1.05. The Labute approximate surface area is 220 Å². The highest BCUT2D eigenvalue weighted by Crippen LogP contribution is 2.21. The fraction of sp³-hybridized carbons (Fsp3) is 0.500. The molecular formula is C30H39N5O2. The van der Waals surface area contributed by atoms with Gasteiger partial charge in [-0.05, 0) is 69.9 Å².